The van der Waals surface area contributed by atoms with E-state index in [1.54, 1.807) is 13.8 Å². The van der Waals surface area contributed by atoms with Crippen molar-refractivity contribution in [2.45, 2.75) is 13.8 Å². The van der Waals surface area contributed by atoms with Crippen LogP contribution in [0, 0.1) is 13.8 Å². The van der Waals surface area contributed by atoms with Gasteiger partial charge in [0.05, 0.1) is 0 Å². The predicted molar refractivity (Wildman–Crippen MR) is 69.2 cm³/mol. The Morgan fingerprint density at radius 2 is 1.05 bits per heavy atom. The highest BCUT2D eigenvalue weighted by atomic mass is 35.5. The Balaban J connectivity index is 0. The standard InChI is InChI=1S/2C4H7N5.ClH.H2O/c2*1-2-7-3(5)9-4(6)8-2;;/h2*1H3,(H4,5,6,7,8,9);1H;1H2. The molecule has 0 saturated carbocycles. The molecule has 2 aromatic heterocycles. The van der Waals surface area contributed by atoms with Crippen LogP contribution in [0.3, 0.4) is 0 Å². The smallest absolute Gasteiger partial charge is 0.318 e. The Bertz CT molecular complexity index is 400. The zero-order valence-corrected chi connectivity index (χ0v) is 11.7. The Morgan fingerprint density at radius 3 is 1.35 bits per heavy atom. The Kier molecular flexibility index (Phi) is 8.47. The number of rotatable bonds is 0. The lowest BCUT2D eigenvalue weighted by Gasteiger charge is -1.93. The van der Waals surface area contributed by atoms with Crippen LogP contribution in [0.4, 0.5) is 23.8 Å². The van der Waals surface area contributed by atoms with Crippen LogP contribution < -0.4 is 40.3 Å². The maximum Gasteiger partial charge on any atom is 0.318 e. The van der Waals surface area contributed by atoms with E-state index in [0.29, 0.717) is 23.5 Å². The molecule has 0 amide bonds. The molecule has 0 spiro atoms. The molecule has 0 saturated heterocycles. The second-order valence-electron chi connectivity index (χ2n) is 3.27. The minimum Gasteiger partial charge on any atom is -1.00 e. The van der Waals surface area contributed by atoms with Gasteiger partial charge in [-0.2, -0.15) is 15.0 Å². The molecule has 0 atom stereocenters. The van der Waals surface area contributed by atoms with Gasteiger partial charge in [-0.25, -0.2) is 4.98 Å². The van der Waals surface area contributed by atoms with Crippen molar-refractivity contribution in [3.05, 3.63) is 11.6 Å². The lowest BCUT2D eigenvalue weighted by Crippen LogP contribution is -3.00. The van der Waals surface area contributed by atoms with Crippen molar-refractivity contribution in [1.29, 1.82) is 0 Å². The number of hydrogen-bond donors (Lipinski definition) is 4. The predicted octanol–water partition coefficient (Wildman–Crippen LogP) is -5.71. The molecule has 2 aromatic rings. The van der Waals surface area contributed by atoms with Gasteiger partial charge in [0.2, 0.25) is 17.7 Å². The summed E-state index contributed by atoms with van der Waals surface area (Å²) in [5, 5.41) is 0. The van der Waals surface area contributed by atoms with Crippen molar-refractivity contribution in [2.24, 2.45) is 0 Å². The zero-order valence-electron chi connectivity index (χ0n) is 10.9. The topological polar surface area (TPSA) is 214 Å². The van der Waals surface area contributed by atoms with Gasteiger partial charge in [-0.3, -0.25) is 0 Å². The Morgan fingerprint density at radius 1 is 0.700 bits per heavy atom. The molecule has 112 valence electrons. The Hall–Kier alpha value is -2.53. The summed E-state index contributed by atoms with van der Waals surface area (Å²) in [7, 11) is 0. The fourth-order valence-corrected chi connectivity index (χ4v) is 1.08. The molecule has 0 aromatic carbocycles. The van der Waals surface area contributed by atoms with Crippen LogP contribution in [-0.2, 0) is 0 Å². The summed E-state index contributed by atoms with van der Waals surface area (Å²) in [6.07, 6.45) is 0. The minimum absolute atomic E-state index is 0. The van der Waals surface area contributed by atoms with Gasteiger partial charge in [0.15, 0.2) is 0 Å². The largest absolute Gasteiger partial charge is 1.00 e. The van der Waals surface area contributed by atoms with Gasteiger partial charge in [-0.15, -0.1) is 9.97 Å². The van der Waals surface area contributed by atoms with E-state index in [1.807, 2.05) is 0 Å². The molecule has 0 aliphatic heterocycles. The number of halogens is 1. The summed E-state index contributed by atoms with van der Waals surface area (Å²) in [5.74, 6) is 2.03. The summed E-state index contributed by atoms with van der Waals surface area (Å²) in [6.45, 7) is 3.43. The SMILES string of the molecule is Cc1nc(N)[nH+]c(N)n1.Cc1nc(N)nc(N)n1.O.[Cl-]. The van der Waals surface area contributed by atoms with Crippen LogP contribution in [-0.4, -0.2) is 30.4 Å². The molecule has 0 unspecified atom stereocenters. The molecule has 0 fully saturated rings. The van der Waals surface area contributed by atoms with Crippen LogP contribution in [0.1, 0.15) is 11.6 Å². The molecule has 2 rings (SSSR count). The number of hydrogen-bond acceptors (Lipinski definition) is 9. The third-order valence-electron chi connectivity index (χ3n) is 1.60. The first kappa shape index (κ1) is 19.8. The van der Waals surface area contributed by atoms with Crippen LogP contribution in [0.5, 0.6) is 0 Å². The van der Waals surface area contributed by atoms with Crippen molar-refractivity contribution in [2.75, 3.05) is 22.9 Å². The number of nitrogens with zero attached hydrogens (tertiary/aromatic N) is 5. The monoisotopic (exact) mass is 304 g/mol. The number of nitrogen functional groups attached to an aromatic ring is 4. The van der Waals surface area contributed by atoms with Gasteiger partial charge in [0.1, 0.15) is 5.82 Å². The molecule has 2 heterocycles. The molecule has 12 heteroatoms. The third-order valence-corrected chi connectivity index (χ3v) is 1.60. The molecule has 0 radical (unpaired) electrons. The van der Waals surface area contributed by atoms with Crippen molar-refractivity contribution in [3.63, 3.8) is 0 Å². The fraction of sp³-hybridized carbons (Fsp3) is 0.250. The number of nitrogens with one attached hydrogen (secondary N) is 1. The van der Waals surface area contributed by atoms with Crippen molar-refractivity contribution < 1.29 is 22.9 Å². The normalized spacial score (nSPS) is 8.50. The van der Waals surface area contributed by atoms with Gasteiger partial charge < -0.3 is 40.8 Å². The highest BCUT2D eigenvalue weighted by Crippen LogP contribution is 1.95. The summed E-state index contributed by atoms with van der Waals surface area (Å²) >= 11 is 0. The number of aromatic nitrogens is 6. The van der Waals surface area contributed by atoms with E-state index in [-0.39, 0.29) is 29.8 Å². The quantitative estimate of drug-likeness (QED) is 0.364. The molecule has 11 nitrogen and oxygen atoms in total. The minimum atomic E-state index is 0. The Labute approximate surface area is 121 Å². The van der Waals surface area contributed by atoms with E-state index >= 15 is 0 Å². The third kappa shape index (κ3) is 7.03. The summed E-state index contributed by atoms with van der Waals surface area (Å²) in [6, 6.07) is 0. The molecule has 11 N–H and O–H groups in total. The molecular formula is C8H17ClN10O. The van der Waals surface area contributed by atoms with E-state index in [9.17, 15) is 0 Å². The van der Waals surface area contributed by atoms with Gasteiger partial charge in [-0.1, -0.05) is 0 Å². The first-order valence-electron chi connectivity index (χ1n) is 4.89. The number of anilines is 4. The van der Waals surface area contributed by atoms with Crippen molar-refractivity contribution >= 4 is 23.8 Å². The lowest BCUT2D eigenvalue weighted by molar-refractivity contribution is -0.351. The number of nitrogens with two attached hydrogens (primary N) is 4. The summed E-state index contributed by atoms with van der Waals surface area (Å²) in [4.78, 5) is 21.1. The van der Waals surface area contributed by atoms with E-state index < -0.39 is 0 Å². The number of aromatic amines is 1. The zero-order chi connectivity index (χ0) is 13.7. The van der Waals surface area contributed by atoms with Crippen molar-refractivity contribution in [3.8, 4) is 0 Å². The second-order valence-corrected chi connectivity index (χ2v) is 3.27. The molecular weight excluding hydrogens is 288 g/mol. The van der Waals surface area contributed by atoms with Crippen LogP contribution in [0.15, 0.2) is 0 Å². The highest BCUT2D eigenvalue weighted by molar-refractivity contribution is 5.25. The number of H-pyrrole nitrogens is 1. The molecule has 0 aliphatic rings. The fourth-order valence-electron chi connectivity index (χ4n) is 1.08. The van der Waals surface area contributed by atoms with E-state index in [2.05, 4.69) is 29.9 Å². The first-order valence-corrected chi connectivity index (χ1v) is 4.89. The van der Waals surface area contributed by atoms with Crippen LogP contribution in [0.25, 0.3) is 0 Å². The second kappa shape index (κ2) is 8.55. The van der Waals surface area contributed by atoms with Gasteiger partial charge in [0.25, 0.3) is 0 Å². The average Bonchev–Trinajstić information content (AvgIpc) is 2.12. The molecule has 20 heavy (non-hydrogen) atoms. The van der Waals surface area contributed by atoms with Gasteiger partial charge in [0, 0.05) is 6.92 Å². The number of aryl methyl sites for hydroxylation is 2. The van der Waals surface area contributed by atoms with Gasteiger partial charge >= 0.3 is 11.9 Å². The lowest BCUT2D eigenvalue weighted by atomic mass is 10.7. The van der Waals surface area contributed by atoms with Gasteiger partial charge in [-0.05, 0) is 6.92 Å². The highest BCUT2D eigenvalue weighted by Gasteiger charge is 2.00. The maximum atomic E-state index is 5.27. The van der Waals surface area contributed by atoms with E-state index in [4.69, 9.17) is 22.9 Å². The summed E-state index contributed by atoms with van der Waals surface area (Å²) < 4.78 is 0. The average molecular weight is 305 g/mol. The maximum absolute atomic E-state index is 5.27. The first-order chi connectivity index (χ1) is 8.36. The molecule has 0 aliphatic carbocycles. The van der Waals surface area contributed by atoms with Crippen molar-refractivity contribution in [1.82, 2.24) is 24.9 Å². The van der Waals surface area contributed by atoms with E-state index in [0.717, 1.165) is 0 Å². The van der Waals surface area contributed by atoms with E-state index in [1.165, 1.54) is 0 Å². The summed E-state index contributed by atoms with van der Waals surface area (Å²) in [5.41, 5.74) is 21.0. The van der Waals surface area contributed by atoms with Crippen LogP contribution in [0.2, 0.25) is 0 Å². The van der Waals surface area contributed by atoms with Crippen LogP contribution >= 0.6 is 0 Å². The molecule has 0 bridgehead atoms.